The number of ether oxygens (including phenoxy) is 9. The first-order chi connectivity index (χ1) is 34.3. The Labute approximate surface area is 433 Å². The van der Waals surface area contributed by atoms with Gasteiger partial charge in [-0.3, -0.25) is 0 Å². The summed E-state index contributed by atoms with van der Waals surface area (Å²) < 4.78 is 55.0. The van der Waals surface area contributed by atoms with Crippen LogP contribution in [0.25, 0.3) is 0 Å². The number of allylic oxidation sites excluding steroid dienone is 4. The van der Waals surface area contributed by atoms with E-state index in [1.807, 2.05) is 34.6 Å². The molecule has 5 heterocycles. The summed E-state index contributed by atoms with van der Waals surface area (Å²) in [5.74, 6) is -9.68. The summed E-state index contributed by atoms with van der Waals surface area (Å²) in [6, 6.07) is 0. The molecule has 5 aliphatic rings. The SMILES string of the molecule is CCC1C(C)OC(O)([C@@H](C)[C@H](O)[C@H](C)[C@H]2OC(=O)/C=C/C=C/[C@H](C)[C@@H]([C@@H](C)[C@@H](O)[C@H](C)C3(O)CC(OC4CC(OC)C(O)C(C)O4)C(CC)C(C)O3)OC(=O)/C=C\C=C\[C@H]2C)CC1OC1CC(O)C(O)C(C)O1. The number of methoxy groups -OCH3 is 1. The van der Waals surface area contributed by atoms with Crippen LogP contribution in [0.3, 0.4) is 0 Å². The largest absolute Gasteiger partial charge is 0.458 e. The number of esters is 2. The lowest BCUT2D eigenvalue weighted by Gasteiger charge is -2.50. The predicted octanol–water partition coefficient (Wildman–Crippen LogP) is 4.77. The maximum Gasteiger partial charge on any atom is 0.331 e. The standard InChI is InChI=1S/C55H90O18/c1-14-38-34(9)72-54(63,26-42(38)68-46-24-40(56)50(61)36(11)66-46)32(7)48(59)30(5)52-28(3)20-16-18-23-45(58)71-53(29(4)21-17-19-22-44(57)70-52)31(6)49(60)33(8)55(64)27-43(39(15-2)35(10)73-55)69-47-25-41(65-13)51(62)37(12)67-47/h16-23,28-43,46-53,56,59-64H,14-15,24-27H2,1-13H3/b20-16+,21-17+,22-19+,23-18-/t28-,29+,30+,31+,32+,33+,34?,35?,36?,37?,38?,39?,40?,41?,42?,43?,46?,47?,48-,49-,50?,51?,52+,53+,54?,55?/m1/s1. The highest BCUT2D eigenvalue weighted by Gasteiger charge is 2.54. The van der Waals surface area contributed by atoms with Crippen LogP contribution in [0.5, 0.6) is 0 Å². The number of carbonyl (C=O) groups excluding carboxylic acids is 2. The molecule has 5 rings (SSSR count). The lowest BCUT2D eigenvalue weighted by Crippen LogP contribution is -2.59. The average molecular weight is 1040 g/mol. The second-order valence-electron chi connectivity index (χ2n) is 21.9. The van der Waals surface area contributed by atoms with E-state index in [1.54, 1.807) is 72.8 Å². The Morgan fingerprint density at radius 3 is 1.38 bits per heavy atom. The molecule has 4 fully saturated rings. The van der Waals surface area contributed by atoms with Gasteiger partial charge in [0, 0.05) is 92.3 Å². The third-order valence-electron chi connectivity index (χ3n) is 16.8. The molecule has 0 aromatic rings. The van der Waals surface area contributed by atoms with Crippen molar-refractivity contribution in [3.8, 4) is 0 Å². The lowest BCUT2D eigenvalue weighted by atomic mass is 9.76. The summed E-state index contributed by atoms with van der Waals surface area (Å²) in [6.45, 7) is 21.5. The first-order valence-electron chi connectivity index (χ1n) is 26.8. The van der Waals surface area contributed by atoms with E-state index in [9.17, 15) is 45.3 Å². The second-order valence-corrected chi connectivity index (χ2v) is 21.9. The molecule has 418 valence electrons. The number of cyclic esters (lactones) is 2. The fraction of sp³-hybridized carbons (Fsp3) is 0.818. The molecular formula is C55H90O18. The zero-order valence-corrected chi connectivity index (χ0v) is 45.3. The fourth-order valence-corrected chi connectivity index (χ4v) is 11.8. The smallest absolute Gasteiger partial charge is 0.331 e. The van der Waals surface area contributed by atoms with E-state index in [-0.39, 0.29) is 31.1 Å². The van der Waals surface area contributed by atoms with Crippen molar-refractivity contribution in [3.05, 3.63) is 48.6 Å². The Morgan fingerprint density at radius 2 is 1.00 bits per heavy atom. The van der Waals surface area contributed by atoms with Crippen LogP contribution in [-0.2, 0) is 52.2 Å². The van der Waals surface area contributed by atoms with E-state index in [4.69, 9.17) is 42.6 Å². The highest BCUT2D eigenvalue weighted by molar-refractivity contribution is 5.83. The van der Waals surface area contributed by atoms with E-state index >= 15 is 0 Å². The third-order valence-corrected chi connectivity index (χ3v) is 16.8. The summed E-state index contributed by atoms with van der Waals surface area (Å²) in [4.78, 5) is 27.1. The van der Waals surface area contributed by atoms with Crippen LogP contribution < -0.4 is 0 Å². The van der Waals surface area contributed by atoms with Gasteiger partial charge in [-0.2, -0.15) is 0 Å². The summed E-state index contributed by atoms with van der Waals surface area (Å²) in [7, 11) is 1.53. The van der Waals surface area contributed by atoms with Gasteiger partial charge in [0.1, 0.15) is 24.4 Å². The molecule has 0 amide bonds. The third kappa shape index (κ3) is 14.9. The van der Waals surface area contributed by atoms with Crippen molar-refractivity contribution in [2.45, 2.75) is 231 Å². The minimum Gasteiger partial charge on any atom is -0.458 e. The van der Waals surface area contributed by atoms with Gasteiger partial charge in [-0.05, 0) is 40.5 Å². The summed E-state index contributed by atoms with van der Waals surface area (Å²) >= 11 is 0. The van der Waals surface area contributed by atoms with Crippen LogP contribution in [-0.4, -0.2) is 164 Å². The Hall–Kier alpha value is -2.66. The molecule has 0 aliphatic carbocycles. The normalized spacial score (nSPS) is 45.6. The van der Waals surface area contributed by atoms with E-state index in [2.05, 4.69) is 0 Å². The Bertz CT molecular complexity index is 1870. The minimum absolute atomic E-state index is 0.0168. The van der Waals surface area contributed by atoms with Crippen molar-refractivity contribution in [2.24, 2.45) is 47.3 Å². The molecule has 0 aromatic heterocycles. The van der Waals surface area contributed by atoms with Gasteiger partial charge in [-0.15, -0.1) is 0 Å². The summed E-state index contributed by atoms with van der Waals surface area (Å²) in [5, 5.41) is 79.6. The van der Waals surface area contributed by atoms with Gasteiger partial charge in [0.05, 0.1) is 61.0 Å². The number of aliphatic hydroxyl groups excluding tert-OH is 5. The van der Waals surface area contributed by atoms with E-state index < -0.39 is 157 Å². The van der Waals surface area contributed by atoms with Crippen LogP contribution in [0.2, 0.25) is 0 Å². The molecular weight excluding hydrogens is 949 g/mol. The van der Waals surface area contributed by atoms with Crippen molar-refractivity contribution in [2.75, 3.05) is 7.11 Å². The maximum absolute atomic E-state index is 13.5. The predicted molar refractivity (Wildman–Crippen MR) is 268 cm³/mol. The van der Waals surface area contributed by atoms with Crippen molar-refractivity contribution in [1.82, 2.24) is 0 Å². The van der Waals surface area contributed by atoms with Crippen molar-refractivity contribution < 1.29 is 88.0 Å². The summed E-state index contributed by atoms with van der Waals surface area (Å²) in [5.41, 5.74) is 0. The van der Waals surface area contributed by atoms with Crippen LogP contribution in [0, 0.1) is 47.3 Å². The fourth-order valence-electron chi connectivity index (χ4n) is 11.8. The number of carbonyl (C=O) groups is 2. The molecule has 73 heavy (non-hydrogen) atoms. The molecule has 0 radical (unpaired) electrons. The van der Waals surface area contributed by atoms with Crippen LogP contribution in [0.1, 0.15) is 122 Å². The Balaban J connectivity index is 1.28. The monoisotopic (exact) mass is 1040 g/mol. The molecule has 18 nitrogen and oxygen atoms in total. The number of hydrogen-bond acceptors (Lipinski definition) is 18. The topological polar surface area (TPSA) is 259 Å². The lowest BCUT2D eigenvalue weighted by molar-refractivity contribution is -0.345. The Kier molecular flexibility index (Phi) is 22.3. The number of aliphatic hydroxyl groups is 7. The van der Waals surface area contributed by atoms with Gasteiger partial charge < -0.3 is 78.4 Å². The van der Waals surface area contributed by atoms with Gasteiger partial charge in [-0.25, -0.2) is 9.59 Å². The zero-order valence-electron chi connectivity index (χ0n) is 45.3. The number of rotatable bonds is 15. The Morgan fingerprint density at radius 1 is 0.603 bits per heavy atom. The first-order valence-corrected chi connectivity index (χ1v) is 26.8. The maximum atomic E-state index is 13.5. The molecule has 0 saturated carbocycles. The molecule has 4 saturated heterocycles. The van der Waals surface area contributed by atoms with Gasteiger partial charge >= 0.3 is 11.9 Å². The van der Waals surface area contributed by atoms with Crippen molar-refractivity contribution in [1.29, 1.82) is 0 Å². The highest BCUT2D eigenvalue weighted by Crippen LogP contribution is 2.45. The molecule has 7 N–H and O–H groups in total. The first kappa shape index (κ1) is 61.2. The van der Waals surface area contributed by atoms with Crippen LogP contribution in [0.15, 0.2) is 48.6 Å². The van der Waals surface area contributed by atoms with E-state index in [0.717, 1.165) is 0 Å². The molecule has 0 aromatic carbocycles. The molecule has 5 aliphatic heterocycles. The van der Waals surface area contributed by atoms with Gasteiger partial charge in [0.25, 0.3) is 0 Å². The average Bonchev–Trinajstić information content (AvgIpc) is 3.33. The van der Waals surface area contributed by atoms with E-state index in [1.165, 1.54) is 31.4 Å². The van der Waals surface area contributed by atoms with E-state index in [0.29, 0.717) is 19.3 Å². The molecule has 16 unspecified atom stereocenters. The van der Waals surface area contributed by atoms with Gasteiger partial charge in [0.15, 0.2) is 24.2 Å². The molecule has 18 heteroatoms. The summed E-state index contributed by atoms with van der Waals surface area (Å²) in [6.07, 6.45) is 1.28. The molecule has 0 spiro atoms. The van der Waals surface area contributed by atoms with Gasteiger partial charge in [0.2, 0.25) is 0 Å². The molecule has 0 bridgehead atoms. The number of hydrogen-bond donors (Lipinski definition) is 7. The minimum atomic E-state index is -1.87. The quantitative estimate of drug-likeness (QED) is 0.109. The molecule has 26 atom stereocenters. The van der Waals surface area contributed by atoms with Crippen molar-refractivity contribution in [3.63, 3.8) is 0 Å². The zero-order chi connectivity index (χ0) is 54.3. The van der Waals surface area contributed by atoms with Crippen molar-refractivity contribution >= 4 is 11.9 Å². The highest BCUT2D eigenvalue weighted by atomic mass is 16.7. The van der Waals surface area contributed by atoms with Gasteiger partial charge in [-0.1, -0.05) is 91.8 Å². The van der Waals surface area contributed by atoms with Crippen LogP contribution in [0.4, 0.5) is 0 Å². The van der Waals surface area contributed by atoms with Crippen LogP contribution >= 0.6 is 0 Å². The second kappa shape index (κ2) is 26.6.